The molecule has 1 heterocycles. The molecule has 1 saturated carbocycles. The van der Waals surface area contributed by atoms with Crippen molar-refractivity contribution in [3.63, 3.8) is 0 Å². The van der Waals surface area contributed by atoms with Crippen LogP contribution in [-0.4, -0.2) is 37.1 Å². The molecule has 7 heteroatoms. The Morgan fingerprint density at radius 3 is 2.42 bits per heavy atom. The lowest BCUT2D eigenvalue weighted by Crippen LogP contribution is -2.48. The van der Waals surface area contributed by atoms with E-state index < -0.39 is 6.04 Å². The van der Waals surface area contributed by atoms with E-state index in [1.165, 1.54) is 6.42 Å². The van der Waals surface area contributed by atoms with E-state index in [-0.39, 0.29) is 24.3 Å². The van der Waals surface area contributed by atoms with Gasteiger partial charge in [-0.2, -0.15) is 0 Å². The number of fused-ring (bicyclic) bond motifs is 1. The van der Waals surface area contributed by atoms with Crippen LogP contribution in [0.25, 0.3) is 10.9 Å². The molecule has 5 rings (SSSR count). The van der Waals surface area contributed by atoms with Crippen molar-refractivity contribution in [2.24, 2.45) is 0 Å². The normalized spacial score (nSPS) is 14.5. The fourth-order valence-electron chi connectivity index (χ4n) is 5.74. The van der Waals surface area contributed by atoms with E-state index in [4.69, 9.17) is 9.47 Å². The summed E-state index contributed by atoms with van der Waals surface area (Å²) in [5, 5.41) is 4.28. The number of aromatic amines is 1. The number of anilines is 1. The van der Waals surface area contributed by atoms with Gasteiger partial charge < -0.3 is 19.8 Å². The topological polar surface area (TPSA) is 83.7 Å². The number of hydrogen-bond acceptors (Lipinski definition) is 4. The van der Waals surface area contributed by atoms with Crippen LogP contribution in [0.5, 0.6) is 11.5 Å². The van der Waals surface area contributed by atoms with Crippen molar-refractivity contribution in [3.8, 4) is 11.5 Å². The minimum absolute atomic E-state index is 0.0892. The molecule has 1 fully saturated rings. The Kier molecular flexibility index (Phi) is 8.39. The van der Waals surface area contributed by atoms with E-state index in [1.54, 1.807) is 31.3 Å². The number of carbonyl (C=O) groups excluding carboxylic acids is 2. The lowest BCUT2D eigenvalue weighted by Gasteiger charge is -2.34. The number of ether oxygens (including phenoxy) is 2. The molecule has 3 aromatic carbocycles. The van der Waals surface area contributed by atoms with Crippen molar-refractivity contribution >= 4 is 28.4 Å². The molecular weight excluding hydrogens is 502 g/mol. The monoisotopic (exact) mass is 539 g/mol. The first-order chi connectivity index (χ1) is 19.5. The molecule has 7 nitrogen and oxygen atoms in total. The van der Waals surface area contributed by atoms with Gasteiger partial charge in [-0.25, -0.2) is 0 Å². The summed E-state index contributed by atoms with van der Waals surface area (Å²) in [5.41, 5.74) is 4.12. The molecule has 1 aliphatic rings. The Balaban J connectivity index is 1.61. The van der Waals surface area contributed by atoms with Crippen molar-refractivity contribution in [3.05, 3.63) is 89.6 Å². The van der Waals surface area contributed by atoms with E-state index >= 15 is 0 Å². The van der Waals surface area contributed by atoms with Crippen LogP contribution in [0.15, 0.2) is 72.9 Å². The second-order valence-corrected chi connectivity index (χ2v) is 10.4. The van der Waals surface area contributed by atoms with Crippen LogP contribution in [-0.2, 0) is 16.0 Å². The maximum absolute atomic E-state index is 14.4. The average Bonchev–Trinajstić information content (AvgIpc) is 3.39. The number of nitrogens with zero attached hydrogens (tertiary/aromatic N) is 1. The van der Waals surface area contributed by atoms with E-state index in [0.717, 1.165) is 47.7 Å². The number of methoxy groups -OCH3 is 2. The van der Waals surface area contributed by atoms with Crippen LogP contribution >= 0.6 is 0 Å². The number of nitrogens with one attached hydrogen (secondary N) is 2. The molecule has 4 aromatic rings. The summed E-state index contributed by atoms with van der Waals surface area (Å²) in [6.45, 7) is 1.96. The van der Waals surface area contributed by atoms with Gasteiger partial charge in [0, 0.05) is 28.8 Å². The van der Waals surface area contributed by atoms with Crippen LogP contribution in [0.2, 0.25) is 0 Å². The summed E-state index contributed by atoms with van der Waals surface area (Å²) in [4.78, 5) is 33.5. The number of carbonyl (C=O) groups is 2. The molecule has 0 radical (unpaired) electrons. The van der Waals surface area contributed by atoms with Gasteiger partial charge in [-0.05, 0) is 60.7 Å². The van der Waals surface area contributed by atoms with E-state index in [9.17, 15) is 9.59 Å². The Hall–Kier alpha value is -4.26. The Morgan fingerprint density at radius 2 is 1.68 bits per heavy atom. The van der Waals surface area contributed by atoms with Crippen LogP contribution in [0.4, 0.5) is 5.69 Å². The summed E-state index contributed by atoms with van der Waals surface area (Å²) in [6.07, 6.45) is 7.27. The largest absolute Gasteiger partial charge is 0.493 e. The maximum Gasteiger partial charge on any atom is 0.248 e. The lowest BCUT2D eigenvalue weighted by molar-refractivity contribution is -0.127. The molecule has 2 N–H and O–H groups in total. The minimum atomic E-state index is -0.902. The quantitative estimate of drug-likeness (QED) is 0.263. The summed E-state index contributed by atoms with van der Waals surface area (Å²) >= 11 is 0. The van der Waals surface area contributed by atoms with Gasteiger partial charge in [-0.3, -0.25) is 14.5 Å². The molecule has 1 atom stereocenters. The lowest BCUT2D eigenvalue weighted by atomic mass is 9.94. The van der Waals surface area contributed by atoms with Gasteiger partial charge in [0.05, 0.1) is 20.6 Å². The first-order valence-electron chi connectivity index (χ1n) is 13.9. The molecule has 40 heavy (non-hydrogen) atoms. The molecule has 2 amide bonds. The summed E-state index contributed by atoms with van der Waals surface area (Å²) < 4.78 is 11.1. The van der Waals surface area contributed by atoms with Crippen LogP contribution in [0.1, 0.15) is 54.8 Å². The second-order valence-electron chi connectivity index (χ2n) is 10.4. The summed E-state index contributed by atoms with van der Waals surface area (Å²) in [6, 6.07) is 20.3. The number of benzene rings is 3. The number of hydrogen-bond donors (Lipinski definition) is 2. The number of H-pyrrole nitrogens is 1. The molecule has 0 spiro atoms. The van der Waals surface area contributed by atoms with Crippen LogP contribution in [0.3, 0.4) is 0 Å². The fraction of sp³-hybridized carbons (Fsp3) is 0.333. The smallest absolute Gasteiger partial charge is 0.248 e. The third-order valence-corrected chi connectivity index (χ3v) is 7.84. The number of aryl methyl sites for hydroxylation is 1. The number of rotatable bonds is 9. The van der Waals surface area contributed by atoms with Crippen molar-refractivity contribution in [2.45, 2.75) is 57.5 Å². The maximum atomic E-state index is 14.4. The van der Waals surface area contributed by atoms with Gasteiger partial charge in [0.25, 0.3) is 0 Å². The van der Waals surface area contributed by atoms with Crippen LogP contribution in [0, 0.1) is 6.92 Å². The first kappa shape index (κ1) is 27.3. The Morgan fingerprint density at radius 1 is 0.950 bits per heavy atom. The highest BCUT2D eigenvalue weighted by atomic mass is 16.5. The standard InChI is InChI=1S/C33H37N3O4/c1-22-11-7-10-16-28(22)36(31(37)20-24-21-34-27-15-9-8-14-26(24)27)32(33(38)35-25-12-5-4-6-13-25)23-17-18-29(39-2)30(19-23)40-3/h7-11,14-19,21,25,32,34H,4-6,12-13,20H2,1-3H3,(H,35,38)/t32-/m1/s1. The van der Waals surface area contributed by atoms with Gasteiger partial charge in [0.15, 0.2) is 11.5 Å². The SMILES string of the molecule is COc1ccc([C@H](C(=O)NC2CCCCC2)N(C(=O)Cc2c[nH]c3ccccc23)c2ccccc2C)cc1OC. The van der Waals surface area contributed by atoms with Gasteiger partial charge in [-0.1, -0.05) is 61.7 Å². The zero-order chi connectivity index (χ0) is 28.1. The molecule has 1 aromatic heterocycles. The van der Waals surface area contributed by atoms with Gasteiger partial charge in [-0.15, -0.1) is 0 Å². The molecule has 0 bridgehead atoms. The van der Waals surface area contributed by atoms with Crippen molar-refractivity contribution < 1.29 is 19.1 Å². The highest BCUT2D eigenvalue weighted by Gasteiger charge is 2.35. The number of aromatic nitrogens is 1. The second kappa shape index (κ2) is 12.3. The third-order valence-electron chi connectivity index (χ3n) is 7.84. The van der Waals surface area contributed by atoms with E-state index in [0.29, 0.717) is 22.7 Å². The first-order valence-corrected chi connectivity index (χ1v) is 13.9. The van der Waals surface area contributed by atoms with Gasteiger partial charge in [0.2, 0.25) is 11.8 Å². The van der Waals surface area contributed by atoms with Crippen LogP contribution < -0.4 is 19.7 Å². The molecule has 0 unspecified atom stereocenters. The van der Waals surface area contributed by atoms with Crippen molar-refractivity contribution in [1.29, 1.82) is 0 Å². The third kappa shape index (κ3) is 5.69. The predicted molar refractivity (Wildman–Crippen MR) is 158 cm³/mol. The summed E-state index contributed by atoms with van der Waals surface area (Å²) in [5.74, 6) is 0.696. The number of amides is 2. The molecule has 0 aliphatic heterocycles. The number of para-hydroxylation sites is 2. The van der Waals surface area contributed by atoms with Gasteiger partial charge >= 0.3 is 0 Å². The van der Waals surface area contributed by atoms with E-state index in [2.05, 4.69) is 10.3 Å². The van der Waals surface area contributed by atoms with Crippen molar-refractivity contribution in [1.82, 2.24) is 10.3 Å². The summed E-state index contributed by atoms with van der Waals surface area (Å²) in [7, 11) is 3.15. The zero-order valence-electron chi connectivity index (χ0n) is 23.4. The predicted octanol–water partition coefficient (Wildman–Crippen LogP) is 6.26. The highest BCUT2D eigenvalue weighted by Crippen LogP contribution is 2.36. The van der Waals surface area contributed by atoms with Gasteiger partial charge in [0.1, 0.15) is 6.04 Å². The zero-order valence-corrected chi connectivity index (χ0v) is 23.4. The van der Waals surface area contributed by atoms with E-state index in [1.807, 2.05) is 67.7 Å². The minimum Gasteiger partial charge on any atom is -0.493 e. The molecule has 0 saturated heterocycles. The molecule has 208 valence electrons. The Bertz CT molecular complexity index is 1490. The fourth-order valence-corrected chi connectivity index (χ4v) is 5.74. The van der Waals surface area contributed by atoms with Crippen molar-refractivity contribution in [2.75, 3.05) is 19.1 Å². The average molecular weight is 540 g/mol. The molecular formula is C33H37N3O4. The Labute approximate surface area is 235 Å². The highest BCUT2D eigenvalue weighted by molar-refractivity contribution is 6.04. The molecule has 1 aliphatic carbocycles.